The van der Waals surface area contributed by atoms with Gasteiger partial charge in [0.05, 0.1) is 34.2 Å². The molecular formula is C43H32N6O5. The number of rotatable bonds is 4. The Morgan fingerprint density at radius 1 is 0.556 bits per heavy atom. The lowest BCUT2D eigenvalue weighted by Crippen LogP contribution is -2.46. The highest BCUT2D eigenvalue weighted by Gasteiger charge is 2.60. The molecule has 0 amide bonds. The predicted molar refractivity (Wildman–Crippen MR) is 201 cm³/mol. The zero-order chi connectivity index (χ0) is 36.2. The maximum Gasteiger partial charge on any atom is 0.344 e. The number of fused-ring (bicyclic) bond motifs is 2. The summed E-state index contributed by atoms with van der Waals surface area (Å²) >= 11 is 0. The first-order valence-electron chi connectivity index (χ1n) is 17.6. The van der Waals surface area contributed by atoms with E-state index in [9.17, 15) is 0 Å². The van der Waals surface area contributed by atoms with Crippen LogP contribution in [0.2, 0.25) is 0 Å². The molecule has 0 N–H and O–H groups in total. The van der Waals surface area contributed by atoms with Gasteiger partial charge in [-0.05, 0) is 73.1 Å². The lowest BCUT2D eigenvalue weighted by molar-refractivity contribution is -0.240. The van der Waals surface area contributed by atoms with Crippen LogP contribution >= 0.6 is 0 Å². The van der Waals surface area contributed by atoms with E-state index < -0.39 is 17.8 Å². The Bertz CT molecular complexity index is 2550. The van der Waals surface area contributed by atoms with Crippen molar-refractivity contribution in [1.82, 2.24) is 19.6 Å². The molecule has 4 aliphatic rings. The molecule has 0 unspecified atom stereocenters. The summed E-state index contributed by atoms with van der Waals surface area (Å²) in [4.78, 5) is 13.1. The van der Waals surface area contributed by atoms with Gasteiger partial charge >= 0.3 is 5.79 Å². The first-order valence-corrected chi connectivity index (χ1v) is 17.6. The molecule has 5 aromatic carbocycles. The minimum Gasteiger partial charge on any atom is -0.438 e. The van der Waals surface area contributed by atoms with Crippen molar-refractivity contribution in [2.75, 3.05) is 0 Å². The molecule has 11 nitrogen and oxygen atoms in total. The fourth-order valence-corrected chi connectivity index (χ4v) is 7.33. The molecule has 7 aromatic rings. The Kier molecular flexibility index (Phi) is 7.32. The van der Waals surface area contributed by atoms with Crippen molar-refractivity contribution in [3.63, 3.8) is 0 Å². The van der Waals surface area contributed by atoms with Gasteiger partial charge in [0.2, 0.25) is 17.9 Å². The molecule has 54 heavy (non-hydrogen) atoms. The van der Waals surface area contributed by atoms with Crippen molar-refractivity contribution in [2.24, 2.45) is 10.3 Å². The van der Waals surface area contributed by atoms with Crippen molar-refractivity contribution in [3.8, 4) is 34.6 Å². The van der Waals surface area contributed by atoms with E-state index in [1.54, 1.807) is 9.36 Å². The number of nitrogens with zero attached hydrogens (tertiary/aromatic N) is 6. The smallest absolute Gasteiger partial charge is 0.344 e. The molecule has 4 aliphatic heterocycles. The summed E-state index contributed by atoms with van der Waals surface area (Å²) in [7, 11) is 0. The van der Waals surface area contributed by atoms with Crippen molar-refractivity contribution >= 4 is 11.6 Å². The first-order chi connectivity index (χ1) is 26.6. The van der Waals surface area contributed by atoms with E-state index in [1.807, 2.05) is 159 Å². The number of benzene rings is 5. The Balaban J connectivity index is 1.23. The second-order valence-corrected chi connectivity index (χ2v) is 13.2. The molecule has 0 fully saturated rings. The van der Waals surface area contributed by atoms with Crippen LogP contribution in [0, 0.1) is 13.8 Å². The zero-order valence-corrected chi connectivity index (χ0v) is 29.2. The molecule has 264 valence electrons. The highest BCUT2D eigenvalue weighted by atomic mass is 16.8. The summed E-state index contributed by atoms with van der Waals surface area (Å²) in [5, 5.41) is 19.4. The van der Waals surface area contributed by atoms with Crippen molar-refractivity contribution < 1.29 is 23.9 Å². The van der Waals surface area contributed by atoms with E-state index in [2.05, 4.69) is 5.16 Å². The molecule has 11 heteroatoms. The summed E-state index contributed by atoms with van der Waals surface area (Å²) in [6.45, 7) is 3.83. The van der Waals surface area contributed by atoms with Crippen LogP contribution in [0.25, 0.3) is 11.4 Å². The molecule has 0 spiro atoms. The van der Waals surface area contributed by atoms with Gasteiger partial charge in [0, 0.05) is 5.56 Å². The van der Waals surface area contributed by atoms with Crippen LogP contribution in [0.15, 0.2) is 156 Å². The molecule has 0 radical (unpaired) electrons. The Hall–Kier alpha value is -7.14. The normalized spacial score (nSPS) is 19.6. The van der Waals surface area contributed by atoms with Crippen LogP contribution < -0.4 is 9.47 Å². The largest absolute Gasteiger partial charge is 0.438 e. The van der Waals surface area contributed by atoms with Crippen LogP contribution in [0.1, 0.15) is 39.6 Å². The molecule has 6 heterocycles. The van der Waals surface area contributed by atoms with Gasteiger partial charge in [0.25, 0.3) is 5.90 Å². The van der Waals surface area contributed by atoms with E-state index in [4.69, 9.17) is 39.2 Å². The highest BCUT2D eigenvalue weighted by Crippen LogP contribution is 2.50. The number of aryl methyl sites for hydroxylation is 2. The van der Waals surface area contributed by atoms with Crippen LogP contribution in [0.5, 0.6) is 23.3 Å². The molecular weight excluding hydrogens is 681 g/mol. The van der Waals surface area contributed by atoms with Crippen molar-refractivity contribution in [3.05, 3.63) is 179 Å². The maximum absolute atomic E-state index is 7.04. The number of oxime groups is 2. The fourth-order valence-electron chi connectivity index (χ4n) is 7.33. The third-order valence-corrected chi connectivity index (χ3v) is 9.84. The summed E-state index contributed by atoms with van der Waals surface area (Å²) in [6.07, 6.45) is -0.870. The second kappa shape index (κ2) is 12.5. The summed E-state index contributed by atoms with van der Waals surface area (Å²) in [6, 6.07) is 46.8. The highest BCUT2D eigenvalue weighted by molar-refractivity contribution is 6.09. The number of para-hydroxylation sites is 2. The number of aromatic nitrogens is 4. The van der Waals surface area contributed by atoms with Gasteiger partial charge in [-0.3, -0.25) is 0 Å². The number of hydrogen-bond donors (Lipinski definition) is 0. The third kappa shape index (κ3) is 5.04. The average molecular weight is 713 g/mol. The van der Waals surface area contributed by atoms with Crippen LogP contribution in [-0.4, -0.2) is 37.3 Å². The molecule has 2 aromatic heterocycles. The van der Waals surface area contributed by atoms with Crippen LogP contribution in [0.4, 0.5) is 0 Å². The van der Waals surface area contributed by atoms with E-state index in [0.29, 0.717) is 57.0 Å². The van der Waals surface area contributed by atoms with Gasteiger partial charge in [-0.25, -0.2) is 0 Å². The molecule has 0 saturated heterocycles. The third-order valence-electron chi connectivity index (χ3n) is 9.84. The maximum atomic E-state index is 7.04. The predicted octanol–water partition coefficient (Wildman–Crippen LogP) is 8.72. The van der Waals surface area contributed by atoms with E-state index in [0.717, 1.165) is 16.9 Å². The average Bonchev–Trinajstić information content (AvgIpc) is 4.00. The fraction of sp³-hybridized carbons (Fsp3) is 0.116. The quantitative estimate of drug-likeness (QED) is 0.180. The summed E-state index contributed by atoms with van der Waals surface area (Å²) < 4.78 is 24.1. The topological polar surface area (TPSA) is 107 Å². The first kappa shape index (κ1) is 31.6. The molecule has 0 aliphatic carbocycles. The van der Waals surface area contributed by atoms with Gasteiger partial charge in [-0.1, -0.05) is 102 Å². The van der Waals surface area contributed by atoms with Crippen LogP contribution in [-0.2, 0) is 20.2 Å². The summed E-state index contributed by atoms with van der Waals surface area (Å²) in [5.74, 6) is 0.0597. The molecule has 3 atom stereocenters. The molecule has 0 saturated carbocycles. The van der Waals surface area contributed by atoms with Crippen molar-refractivity contribution in [2.45, 2.75) is 31.7 Å². The zero-order valence-electron chi connectivity index (χ0n) is 29.2. The van der Waals surface area contributed by atoms with Gasteiger partial charge in [-0.15, -0.1) is 0 Å². The van der Waals surface area contributed by atoms with Gasteiger partial charge in [0.1, 0.15) is 22.8 Å². The molecule has 11 rings (SSSR count). The standard InChI is InChI=1S/C43H32N6O5/c1-27-35-38-37(29-15-7-3-8-16-29)39(53-46-38)43(30-17-9-4-10-18-30)52-40(47-54-43)36-28(2)45-49(32-21-13-6-14-22-32)42(36)51-34-25-23-33(24-26-34)50-41(35)48(44-27)31-19-11-5-12-20-31/h3-26,37,39H,1-2H3/t37-,39-,43+/m1/s1. The van der Waals surface area contributed by atoms with Gasteiger partial charge in [0.15, 0.2) is 0 Å². The van der Waals surface area contributed by atoms with E-state index >= 15 is 0 Å². The summed E-state index contributed by atoms with van der Waals surface area (Å²) in [5.41, 5.74) is 6.38. The van der Waals surface area contributed by atoms with Gasteiger partial charge < -0.3 is 23.9 Å². The molecule has 6 bridgehead atoms. The van der Waals surface area contributed by atoms with Crippen LogP contribution in [0.3, 0.4) is 0 Å². The number of ether oxygens (including phenoxy) is 3. The lowest BCUT2D eigenvalue weighted by Gasteiger charge is -2.33. The second-order valence-electron chi connectivity index (χ2n) is 13.2. The Morgan fingerprint density at radius 3 is 1.63 bits per heavy atom. The minimum atomic E-state index is -1.59. The SMILES string of the molecule is Cc1nn(-c2ccccc2)c2c1C1=NO[C@](c3ccccc3)(O1)[C@@H]1ON=C(c3c(C)nn(-c4ccccc4)c3Oc3ccc(cc3)O2)[C@H]1c1ccccc1. The number of hydrogen-bond acceptors (Lipinski definition) is 9. The Labute approximate surface area is 310 Å². The van der Waals surface area contributed by atoms with Crippen molar-refractivity contribution in [1.29, 1.82) is 0 Å². The van der Waals surface area contributed by atoms with Gasteiger partial charge in [-0.2, -0.15) is 19.6 Å². The Morgan fingerprint density at radius 2 is 1.06 bits per heavy atom. The van der Waals surface area contributed by atoms with E-state index in [-0.39, 0.29) is 5.90 Å². The van der Waals surface area contributed by atoms with E-state index in [1.165, 1.54) is 0 Å². The minimum absolute atomic E-state index is 0.193. The monoisotopic (exact) mass is 712 g/mol. The lowest BCUT2D eigenvalue weighted by atomic mass is 9.80.